The maximum Gasteiger partial charge on any atom is 0.357 e. The number of fused-ring (bicyclic) bond motifs is 1. The maximum atomic E-state index is 14.0. The molecule has 0 aromatic heterocycles. The molecule has 0 radical (unpaired) electrons. The van der Waals surface area contributed by atoms with Crippen molar-refractivity contribution < 1.29 is 33.4 Å². The van der Waals surface area contributed by atoms with Crippen molar-refractivity contribution in [2.24, 2.45) is 4.99 Å². The third-order valence-corrected chi connectivity index (χ3v) is 7.92. The van der Waals surface area contributed by atoms with Crippen LogP contribution in [0, 0.1) is 0 Å². The van der Waals surface area contributed by atoms with E-state index in [1.165, 1.54) is 26.2 Å². The van der Waals surface area contributed by atoms with Gasteiger partial charge >= 0.3 is 17.9 Å². The van der Waals surface area contributed by atoms with Crippen molar-refractivity contribution in [3.8, 4) is 0 Å². The largest absolute Gasteiger partial charge is 0.467 e. The van der Waals surface area contributed by atoms with E-state index in [-0.39, 0.29) is 23.5 Å². The Kier molecular flexibility index (Phi) is 6.34. The van der Waals surface area contributed by atoms with Crippen LogP contribution in [0.15, 0.2) is 69.3 Å². The van der Waals surface area contributed by atoms with Crippen LogP contribution in [0.4, 0.5) is 5.69 Å². The van der Waals surface area contributed by atoms with Crippen LogP contribution in [0.2, 0.25) is 0 Å². The molecule has 3 atom stereocenters. The summed E-state index contributed by atoms with van der Waals surface area (Å²) in [6, 6.07) is 12.2. The number of amidine groups is 1. The monoisotopic (exact) mass is 581 g/mol. The molecule has 38 heavy (non-hydrogen) atoms. The van der Waals surface area contributed by atoms with Crippen molar-refractivity contribution >= 4 is 51.3 Å². The molecular formula is C27H24BrN3O7. The minimum Gasteiger partial charge on any atom is -0.467 e. The van der Waals surface area contributed by atoms with E-state index in [1.54, 1.807) is 31.3 Å². The number of methoxy groups -OCH3 is 3. The van der Waals surface area contributed by atoms with Gasteiger partial charge in [0.05, 0.1) is 38.4 Å². The van der Waals surface area contributed by atoms with Crippen molar-refractivity contribution in [3.05, 3.63) is 75.4 Å². The van der Waals surface area contributed by atoms with Gasteiger partial charge in [0, 0.05) is 22.8 Å². The lowest BCUT2D eigenvalue weighted by Gasteiger charge is -2.39. The van der Waals surface area contributed by atoms with Crippen LogP contribution in [0.25, 0.3) is 0 Å². The lowest BCUT2D eigenvalue weighted by molar-refractivity contribution is -0.144. The van der Waals surface area contributed by atoms with Crippen LogP contribution in [0.5, 0.6) is 0 Å². The van der Waals surface area contributed by atoms with Crippen molar-refractivity contribution in [2.45, 2.75) is 23.9 Å². The second-order valence-corrected chi connectivity index (χ2v) is 10.0. The summed E-state index contributed by atoms with van der Waals surface area (Å²) in [7, 11) is 5.42. The molecule has 0 N–H and O–H groups in total. The number of esters is 3. The zero-order valence-electron chi connectivity index (χ0n) is 21.1. The number of para-hydroxylation sites is 1. The molecule has 0 saturated carbocycles. The van der Waals surface area contributed by atoms with E-state index in [0.717, 1.165) is 15.7 Å². The molecule has 2 aromatic rings. The number of hydrogen-bond donors (Lipinski definition) is 0. The van der Waals surface area contributed by atoms with Crippen molar-refractivity contribution in [1.82, 2.24) is 4.90 Å². The van der Waals surface area contributed by atoms with E-state index in [1.807, 2.05) is 29.2 Å². The van der Waals surface area contributed by atoms with E-state index in [2.05, 4.69) is 20.9 Å². The fraction of sp³-hybridized carbons (Fsp3) is 0.296. The fourth-order valence-electron chi connectivity index (χ4n) is 5.84. The smallest absolute Gasteiger partial charge is 0.357 e. The Hall–Kier alpha value is -3.99. The average molecular weight is 582 g/mol. The Morgan fingerprint density at radius 2 is 1.61 bits per heavy atom. The summed E-state index contributed by atoms with van der Waals surface area (Å²) in [6.07, 6.45) is 0.0712. The quantitative estimate of drug-likeness (QED) is 0.400. The molecule has 1 spiro atoms. The number of ether oxygens (including phenoxy) is 3. The van der Waals surface area contributed by atoms with Gasteiger partial charge in [-0.15, -0.1) is 0 Å². The first-order valence-electron chi connectivity index (χ1n) is 11.7. The lowest BCUT2D eigenvalue weighted by atomic mass is 9.69. The summed E-state index contributed by atoms with van der Waals surface area (Å²) in [4.78, 5) is 61.2. The number of carbonyl (C=O) groups is 4. The van der Waals surface area contributed by atoms with Gasteiger partial charge < -0.3 is 19.1 Å². The minimum atomic E-state index is -1.14. The van der Waals surface area contributed by atoms with Gasteiger partial charge in [0.15, 0.2) is 5.70 Å². The van der Waals surface area contributed by atoms with Gasteiger partial charge in [-0.2, -0.15) is 0 Å². The molecule has 2 unspecified atom stereocenters. The summed E-state index contributed by atoms with van der Waals surface area (Å²) in [5, 5.41) is 0. The highest BCUT2D eigenvalue weighted by atomic mass is 79.9. The first-order chi connectivity index (χ1) is 18.2. The number of halogens is 1. The second-order valence-electron chi connectivity index (χ2n) is 9.11. The summed E-state index contributed by atoms with van der Waals surface area (Å²) < 4.78 is 16.0. The predicted molar refractivity (Wildman–Crippen MR) is 140 cm³/mol. The number of rotatable bonds is 4. The normalized spacial score (nSPS) is 23.2. The van der Waals surface area contributed by atoms with Crippen molar-refractivity contribution in [1.29, 1.82) is 0 Å². The van der Waals surface area contributed by atoms with Crippen LogP contribution < -0.4 is 4.90 Å². The van der Waals surface area contributed by atoms with Gasteiger partial charge in [-0.25, -0.2) is 19.4 Å². The molecule has 3 aliphatic heterocycles. The number of benzene rings is 2. The highest BCUT2D eigenvalue weighted by Crippen LogP contribution is 2.57. The Morgan fingerprint density at radius 3 is 2.24 bits per heavy atom. The van der Waals surface area contributed by atoms with Gasteiger partial charge in [-0.05, 0) is 42.3 Å². The Morgan fingerprint density at radius 1 is 0.947 bits per heavy atom. The number of likely N-dealkylation sites (N-methyl/N-ethyl adjacent to an activating group) is 1. The summed E-state index contributed by atoms with van der Waals surface area (Å²) in [6.45, 7) is 0. The van der Waals surface area contributed by atoms with Gasteiger partial charge in [0.1, 0.15) is 11.9 Å². The van der Waals surface area contributed by atoms with Crippen LogP contribution in [-0.2, 0) is 34.0 Å². The molecule has 1 saturated heterocycles. The Bertz CT molecular complexity index is 1430. The number of aliphatic imine (C=N–C) groups is 1. The predicted octanol–water partition coefficient (Wildman–Crippen LogP) is 2.61. The minimum absolute atomic E-state index is 0.0108. The van der Waals surface area contributed by atoms with E-state index >= 15 is 0 Å². The highest BCUT2D eigenvalue weighted by molar-refractivity contribution is 9.10. The molecule has 10 nitrogen and oxygen atoms in total. The summed E-state index contributed by atoms with van der Waals surface area (Å²) in [5.74, 6) is -2.61. The number of hydrogen-bond acceptors (Lipinski definition) is 9. The molecular weight excluding hydrogens is 558 g/mol. The topological polar surface area (TPSA) is 115 Å². The Balaban J connectivity index is 1.84. The van der Waals surface area contributed by atoms with Gasteiger partial charge in [-0.3, -0.25) is 9.69 Å². The molecule has 196 valence electrons. The number of likely N-dealkylation sites (tertiary alicyclic amines) is 1. The van der Waals surface area contributed by atoms with E-state index in [4.69, 9.17) is 14.2 Å². The van der Waals surface area contributed by atoms with Crippen LogP contribution in [0.3, 0.4) is 0 Å². The number of amides is 1. The fourth-order valence-corrected chi connectivity index (χ4v) is 6.11. The van der Waals surface area contributed by atoms with E-state index in [9.17, 15) is 19.2 Å². The summed E-state index contributed by atoms with van der Waals surface area (Å²) in [5.41, 5.74) is 0.393. The van der Waals surface area contributed by atoms with Gasteiger partial charge in [0.25, 0.3) is 5.91 Å². The van der Waals surface area contributed by atoms with Crippen LogP contribution >= 0.6 is 15.9 Å². The number of carbonyl (C=O) groups excluding carboxylic acids is 4. The second kappa shape index (κ2) is 9.39. The highest BCUT2D eigenvalue weighted by Gasteiger charge is 2.67. The lowest BCUT2D eigenvalue weighted by Crippen LogP contribution is -2.55. The first kappa shape index (κ1) is 25.7. The molecule has 0 aliphatic carbocycles. The molecule has 1 amide bonds. The zero-order chi connectivity index (χ0) is 27.4. The SMILES string of the molecule is COC(=O)C1=C(C(=O)OC)C2N(C)c3ccccc3[C@@]23CC(C(=O)OC)N(C(=O)c2ccc(Br)cc2)C3=N1. The molecule has 1 fully saturated rings. The van der Waals surface area contributed by atoms with E-state index in [0.29, 0.717) is 5.56 Å². The zero-order valence-corrected chi connectivity index (χ0v) is 22.6. The first-order valence-corrected chi connectivity index (χ1v) is 12.5. The molecule has 0 bridgehead atoms. The maximum absolute atomic E-state index is 14.0. The van der Waals surface area contributed by atoms with Crippen LogP contribution in [0.1, 0.15) is 22.3 Å². The molecule has 3 heterocycles. The number of nitrogens with zero attached hydrogens (tertiary/aromatic N) is 3. The van der Waals surface area contributed by atoms with Gasteiger partial charge in [0.2, 0.25) is 0 Å². The standard InChI is InChI=1S/C27H24BrN3O7/c1-30-17-8-6-5-7-16(17)27-13-18(23(33)36-2)31(22(32)14-9-11-15(28)12-10-14)26(27)29-20(25(35)38-4)19(21(27)30)24(34)37-3/h5-12,18,21H,13H2,1-4H3/t18?,21?,27-/m0/s1. The Labute approximate surface area is 227 Å². The summed E-state index contributed by atoms with van der Waals surface area (Å²) >= 11 is 3.37. The van der Waals surface area contributed by atoms with Gasteiger partial charge in [-0.1, -0.05) is 34.1 Å². The molecule has 3 aliphatic rings. The third-order valence-electron chi connectivity index (χ3n) is 7.39. The van der Waals surface area contributed by atoms with Crippen molar-refractivity contribution in [2.75, 3.05) is 33.3 Å². The molecule has 11 heteroatoms. The molecule has 5 rings (SSSR count). The third kappa shape index (κ3) is 3.48. The number of anilines is 1. The van der Waals surface area contributed by atoms with Crippen LogP contribution in [-0.4, -0.2) is 75.0 Å². The van der Waals surface area contributed by atoms with E-state index < -0.39 is 41.3 Å². The molecule has 2 aromatic carbocycles. The van der Waals surface area contributed by atoms with Crippen molar-refractivity contribution in [3.63, 3.8) is 0 Å². The average Bonchev–Trinajstić information content (AvgIpc) is 3.42.